The Hall–Kier alpha value is -1.33. The third-order valence-electron chi connectivity index (χ3n) is 2.98. The maximum absolute atomic E-state index is 11.9. The van der Waals surface area contributed by atoms with Gasteiger partial charge in [0.05, 0.1) is 11.6 Å². The number of hydrogen-bond acceptors (Lipinski definition) is 3. The number of carbonyl (C=O) groups excluding carboxylic acids is 1. The number of alkyl carbamates (subject to hydrolysis) is 1. The number of amides is 1. The van der Waals surface area contributed by atoms with Gasteiger partial charge in [-0.15, -0.1) is 0 Å². The molecule has 0 aliphatic heterocycles. The molecule has 0 radical (unpaired) electrons. The average molecular weight is 386 g/mol. The average Bonchev–Trinajstić information content (AvgIpc) is 2.36. The number of pyridine rings is 1. The first kappa shape index (κ1) is 17.0. The number of rotatable bonds is 2. The number of carbonyl (C=O) groups is 1. The Balaban J connectivity index is 2.26. The molecule has 0 aliphatic rings. The van der Waals surface area contributed by atoms with Crippen molar-refractivity contribution in [2.75, 3.05) is 0 Å². The predicted molar refractivity (Wildman–Crippen MR) is 92.2 cm³/mol. The standard InChI is InChI=1S/C16H18BrClN2O2/c1-9(19-15(21)22-16(2,3)4)11-8-10-6-5-7-12(17)13(10)20-14(11)18/h5-9H,1-4H3,(H,19,21)/t9-/m0/s1. The van der Waals surface area contributed by atoms with Crippen molar-refractivity contribution in [1.82, 2.24) is 10.3 Å². The summed E-state index contributed by atoms with van der Waals surface area (Å²) in [6.45, 7) is 7.30. The number of aromatic nitrogens is 1. The first-order chi connectivity index (χ1) is 10.2. The van der Waals surface area contributed by atoms with E-state index >= 15 is 0 Å². The number of para-hydroxylation sites is 1. The number of ether oxygens (including phenoxy) is 1. The number of hydrogen-bond donors (Lipinski definition) is 1. The number of nitrogens with zero attached hydrogens (tertiary/aromatic N) is 1. The Morgan fingerprint density at radius 3 is 2.73 bits per heavy atom. The lowest BCUT2D eigenvalue weighted by atomic mass is 10.1. The molecular weight excluding hydrogens is 368 g/mol. The summed E-state index contributed by atoms with van der Waals surface area (Å²) in [4.78, 5) is 16.3. The van der Waals surface area contributed by atoms with Gasteiger partial charge in [0.2, 0.25) is 0 Å². The van der Waals surface area contributed by atoms with Crippen LogP contribution in [0.4, 0.5) is 4.79 Å². The molecular formula is C16H18BrClN2O2. The van der Waals surface area contributed by atoms with Crippen LogP contribution in [0.25, 0.3) is 10.9 Å². The van der Waals surface area contributed by atoms with Gasteiger partial charge in [0.15, 0.2) is 0 Å². The maximum atomic E-state index is 11.9. The first-order valence-corrected chi connectivity index (χ1v) is 8.08. The molecule has 4 nitrogen and oxygen atoms in total. The van der Waals surface area contributed by atoms with Crippen molar-refractivity contribution in [2.45, 2.75) is 39.3 Å². The molecule has 0 saturated heterocycles. The fourth-order valence-electron chi connectivity index (χ4n) is 2.02. The highest BCUT2D eigenvalue weighted by atomic mass is 79.9. The highest BCUT2D eigenvalue weighted by molar-refractivity contribution is 9.10. The van der Waals surface area contributed by atoms with E-state index in [9.17, 15) is 4.79 Å². The van der Waals surface area contributed by atoms with Gasteiger partial charge in [-0.1, -0.05) is 23.7 Å². The molecule has 0 fully saturated rings. The zero-order valence-corrected chi connectivity index (χ0v) is 15.2. The molecule has 1 aromatic heterocycles. The summed E-state index contributed by atoms with van der Waals surface area (Å²) in [6.07, 6.45) is -0.481. The van der Waals surface area contributed by atoms with Crippen LogP contribution < -0.4 is 5.32 Å². The van der Waals surface area contributed by atoms with E-state index < -0.39 is 11.7 Å². The number of fused-ring (bicyclic) bond motifs is 1. The fourth-order valence-corrected chi connectivity index (χ4v) is 2.79. The van der Waals surface area contributed by atoms with Crippen LogP contribution in [-0.4, -0.2) is 16.7 Å². The molecule has 1 heterocycles. The van der Waals surface area contributed by atoms with Crippen molar-refractivity contribution in [3.8, 4) is 0 Å². The zero-order chi connectivity index (χ0) is 16.5. The molecule has 2 rings (SSSR count). The van der Waals surface area contributed by atoms with Crippen molar-refractivity contribution >= 4 is 44.5 Å². The van der Waals surface area contributed by atoms with E-state index in [1.165, 1.54) is 0 Å². The number of benzene rings is 1. The lowest BCUT2D eigenvalue weighted by Crippen LogP contribution is -2.34. The Labute approximate surface area is 143 Å². The first-order valence-electron chi connectivity index (χ1n) is 6.91. The van der Waals surface area contributed by atoms with Gasteiger partial charge in [0.25, 0.3) is 0 Å². The summed E-state index contributed by atoms with van der Waals surface area (Å²) in [6, 6.07) is 7.41. The summed E-state index contributed by atoms with van der Waals surface area (Å²) in [5.41, 5.74) is 0.999. The monoisotopic (exact) mass is 384 g/mol. The molecule has 2 aromatic rings. The summed E-state index contributed by atoms with van der Waals surface area (Å²) >= 11 is 9.72. The van der Waals surface area contributed by atoms with Crippen LogP contribution in [0.2, 0.25) is 5.15 Å². The van der Waals surface area contributed by atoms with Gasteiger partial charge in [-0.2, -0.15) is 0 Å². The maximum Gasteiger partial charge on any atom is 0.408 e. The van der Waals surface area contributed by atoms with Crippen LogP contribution in [0.1, 0.15) is 39.3 Å². The smallest absolute Gasteiger partial charge is 0.408 e. The number of halogens is 2. The van der Waals surface area contributed by atoms with Crippen LogP contribution in [0.3, 0.4) is 0 Å². The molecule has 0 spiro atoms. The van der Waals surface area contributed by atoms with Crippen molar-refractivity contribution in [3.63, 3.8) is 0 Å². The second kappa shape index (κ2) is 6.42. The highest BCUT2D eigenvalue weighted by Gasteiger charge is 2.20. The molecule has 0 saturated carbocycles. The zero-order valence-electron chi connectivity index (χ0n) is 12.9. The minimum atomic E-state index is -0.542. The minimum Gasteiger partial charge on any atom is -0.444 e. The minimum absolute atomic E-state index is 0.307. The van der Waals surface area contributed by atoms with Crippen LogP contribution in [0.15, 0.2) is 28.7 Å². The summed E-state index contributed by atoms with van der Waals surface area (Å²) in [7, 11) is 0. The normalized spacial score (nSPS) is 13.0. The van der Waals surface area contributed by atoms with Gasteiger partial charge < -0.3 is 10.1 Å². The van der Waals surface area contributed by atoms with Crippen LogP contribution in [0.5, 0.6) is 0 Å². The van der Waals surface area contributed by atoms with Crippen molar-refractivity contribution in [2.24, 2.45) is 0 Å². The molecule has 118 valence electrons. The summed E-state index contributed by atoms with van der Waals surface area (Å²) in [5.74, 6) is 0. The second-order valence-corrected chi connectivity index (χ2v) is 7.26. The SMILES string of the molecule is C[C@H](NC(=O)OC(C)(C)C)c1cc2cccc(Br)c2nc1Cl. The number of nitrogens with one attached hydrogen (secondary N) is 1. The van der Waals surface area contributed by atoms with E-state index in [2.05, 4.69) is 26.2 Å². The van der Waals surface area contributed by atoms with Crippen molar-refractivity contribution in [3.05, 3.63) is 39.5 Å². The van der Waals surface area contributed by atoms with E-state index in [0.29, 0.717) is 5.15 Å². The largest absolute Gasteiger partial charge is 0.444 e. The van der Waals surface area contributed by atoms with Gasteiger partial charge in [-0.05, 0) is 55.8 Å². The molecule has 1 amide bonds. The molecule has 1 aromatic carbocycles. The second-order valence-electron chi connectivity index (χ2n) is 6.05. The Morgan fingerprint density at radius 2 is 2.09 bits per heavy atom. The Kier molecular flexibility index (Phi) is 4.97. The molecule has 22 heavy (non-hydrogen) atoms. The van der Waals surface area contributed by atoms with Gasteiger partial charge in [0.1, 0.15) is 10.8 Å². The molecule has 1 atom stereocenters. The van der Waals surface area contributed by atoms with Crippen molar-refractivity contribution < 1.29 is 9.53 Å². The van der Waals surface area contributed by atoms with E-state index in [0.717, 1.165) is 20.9 Å². The van der Waals surface area contributed by atoms with Crippen LogP contribution in [0, 0.1) is 0 Å². The van der Waals surface area contributed by atoms with E-state index in [-0.39, 0.29) is 6.04 Å². The quantitative estimate of drug-likeness (QED) is 0.720. The lowest BCUT2D eigenvalue weighted by molar-refractivity contribution is 0.0508. The molecule has 0 bridgehead atoms. The van der Waals surface area contributed by atoms with Crippen LogP contribution >= 0.6 is 27.5 Å². The third kappa shape index (κ3) is 4.11. The van der Waals surface area contributed by atoms with Crippen molar-refractivity contribution in [1.29, 1.82) is 0 Å². The third-order valence-corrected chi connectivity index (χ3v) is 3.92. The molecule has 1 N–H and O–H groups in total. The van der Waals surface area contributed by atoms with Gasteiger partial charge in [0, 0.05) is 15.4 Å². The molecule has 0 unspecified atom stereocenters. The highest BCUT2D eigenvalue weighted by Crippen LogP contribution is 2.29. The molecule has 6 heteroatoms. The Bertz CT molecular complexity index is 713. The van der Waals surface area contributed by atoms with Gasteiger partial charge in [-0.25, -0.2) is 9.78 Å². The predicted octanol–water partition coefficient (Wildman–Crippen LogP) is 5.24. The lowest BCUT2D eigenvalue weighted by Gasteiger charge is -2.22. The topological polar surface area (TPSA) is 51.2 Å². The van der Waals surface area contributed by atoms with Crippen LogP contribution in [-0.2, 0) is 4.74 Å². The Morgan fingerprint density at radius 1 is 1.41 bits per heavy atom. The summed E-state index contributed by atoms with van der Waals surface area (Å²) < 4.78 is 6.14. The molecule has 0 aliphatic carbocycles. The van der Waals surface area contributed by atoms with E-state index in [1.54, 1.807) is 0 Å². The van der Waals surface area contributed by atoms with E-state index in [4.69, 9.17) is 16.3 Å². The van der Waals surface area contributed by atoms with Gasteiger partial charge in [-0.3, -0.25) is 0 Å². The fraction of sp³-hybridized carbons (Fsp3) is 0.375. The summed E-state index contributed by atoms with van der Waals surface area (Å²) in [5, 5.41) is 4.09. The van der Waals surface area contributed by atoms with E-state index in [1.807, 2.05) is 52.0 Å². The van der Waals surface area contributed by atoms with Gasteiger partial charge >= 0.3 is 6.09 Å².